The molecule has 0 saturated carbocycles. The highest BCUT2D eigenvalue weighted by Gasteiger charge is 2.07. The molecule has 0 heterocycles. The Hall–Kier alpha value is -0.313. The zero-order valence-corrected chi connectivity index (χ0v) is 7.17. The molecule has 0 fully saturated rings. The topological polar surface area (TPSA) is 20.2 Å². The van der Waals surface area contributed by atoms with E-state index in [9.17, 15) is 4.80 Å². The average Bonchev–Trinajstić information content (AvgIpc) is 2.05. The fraction of sp³-hybridized carbons (Fsp3) is 0.143. The zero-order valence-electron chi connectivity index (χ0n) is 5.42. The van der Waals surface area contributed by atoms with Crippen LogP contribution in [0.3, 0.4) is 0 Å². The highest BCUT2D eigenvalue weighted by Crippen LogP contribution is 1.87. The van der Waals surface area contributed by atoms with Gasteiger partial charge in [-0.2, -0.15) is 0 Å². The second-order valence-electron chi connectivity index (χ2n) is 1.95. The van der Waals surface area contributed by atoms with Crippen molar-refractivity contribution in [2.45, 2.75) is 0 Å². The van der Waals surface area contributed by atoms with Crippen LogP contribution >= 0.6 is 11.6 Å². The molecule has 0 saturated heterocycles. The zero-order chi connectivity index (χ0) is 7.40. The molecule has 1 N–H and O–H groups in total. The summed E-state index contributed by atoms with van der Waals surface area (Å²) in [5, 5.41) is 0.975. The Bertz CT molecular complexity index is 190. The third-order valence-electron chi connectivity index (χ3n) is 1.23. The van der Waals surface area contributed by atoms with Gasteiger partial charge in [-0.05, 0) is 5.19 Å². The van der Waals surface area contributed by atoms with Crippen molar-refractivity contribution < 1.29 is 4.80 Å². The lowest BCUT2D eigenvalue weighted by Gasteiger charge is -2.00. The van der Waals surface area contributed by atoms with E-state index in [-0.39, 0.29) is 0 Å². The smallest absolute Gasteiger partial charge is 0.258 e. The van der Waals surface area contributed by atoms with E-state index in [1.807, 2.05) is 30.3 Å². The van der Waals surface area contributed by atoms with Crippen LogP contribution in [0.1, 0.15) is 0 Å². The van der Waals surface area contributed by atoms with Crippen molar-refractivity contribution in [3.63, 3.8) is 0 Å². The van der Waals surface area contributed by atoms with Gasteiger partial charge in [-0.15, -0.1) is 11.6 Å². The van der Waals surface area contributed by atoms with Crippen LogP contribution in [-0.4, -0.2) is 19.3 Å². The van der Waals surface area contributed by atoms with E-state index in [1.54, 1.807) is 0 Å². The van der Waals surface area contributed by atoms with Crippen molar-refractivity contribution in [2.75, 3.05) is 5.50 Å². The fourth-order valence-electron chi connectivity index (χ4n) is 0.708. The Morgan fingerprint density at radius 3 is 2.40 bits per heavy atom. The van der Waals surface area contributed by atoms with Crippen molar-refractivity contribution in [1.29, 1.82) is 0 Å². The molecule has 1 nitrogen and oxygen atoms in total. The van der Waals surface area contributed by atoms with Crippen LogP contribution in [0.5, 0.6) is 0 Å². The van der Waals surface area contributed by atoms with Crippen molar-refractivity contribution >= 4 is 25.8 Å². The van der Waals surface area contributed by atoms with E-state index < -0.39 is 9.04 Å². The van der Waals surface area contributed by atoms with Crippen molar-refractivity contribution in [3.05, 3.63) is 30.3 Å². The van der Waals surface area contributed by atoms with E-state index >= 15 is 0 Å². The molecule has 1 aromatic rings. The highest BCUT2D eigenvalue weighted by molar-refractivity contribution is 6.72. The first kappa shape index (κ1) is 7.79. The van der Waals surface area contributed by atoms with Gasteiger partial charge in [0.05, 0.1) is 0 Å². The molecule has 0 spiro atoms. The largest absolute Gasteiger partial charge is 0.426 e. The first-order valence-electron chi connectivity index (χ1n) is 3.01. The Morgan fingerprint density at radius 1 is 1.30 bits per heavy atom. The summed E-state index contributed by atoms with van der Waals surface area (Å²) < 4.78 is 0. The molecule has 10 heavy (non-hydrogen) atoms. The first-order valence-corrected chi connectivity index (χ1v) is 5.19. The number of rotatable bonds is 2. The number of alkyl halides is 1. The van der Waals surface area contributed by atoms with Crippen LogP contribution in [0, 0.1) is 0 Å². The maximum atomic E-state index is 9.30. The van der Waals surface area contributed by atoms with Gasteiger partial charge in [-0.3, -0.25) is 0 Å². The molecule has 0 aliphatic carbocycles. The summed E-state index contributed by atoms with van der Waals surface area (Å²) in [6, 6.07) is 9.53. The summed E-state index contributed by atoms with van der Waals surface area (Å²) in [4.78, 5) is 9.30. The second kappa shape index (κ2) is 3.76. The molecule has 0 atom stereocenters. The SMILES string of the molecule is O[Si](CCl)c1ccccc1. The Labute approximate surface area is 67.0 Å². The molecule has 1 rings (SSSR count). The van der Waals surface area contributed by atoms with Crippen molar-refractivity contribution in [1.82, 2.24) is 0 Å². The predicted molar refractivity (Wildman–Crippen MR) is 44.8 cm³/mol. The highest BCUT2D eigenvalue weighted by atomic mass is 35.5. The molecule has 1 radical (unpaired) electrons. The summed E-state index contributed by atoms with van der Waals surface area (Å²) in [6.45, 7) is 0. The Balaban J connectivity index is 2.75. The first-order chi connectivity index (χ1) is 4.84. The Morgan fingerprint density at radius 2 is 1.90 bits per heavy atom. The molecular weight excluding hydrogens is 164 g/mol. The van der Waals surface area contributed by atoms with Crippen molar-refractivity contribution in [3.8, 4) is 0 Å². The maximum Gasteiger partial charge on any atom is 0.258 e. The van der Waals surface area contributed by atoms with Gasteiger partial charge in [0.25, 0.3) is 9.04 Å². The molecule has 1 aromatic carbocycles. The summed E-state index contributed by atoms with van der Waals surface area (Å²) in [5.74, 6) is 0. The van der Waals surface area contributed by atoms with Crippen LogP contribution in [0.15, 0.2) is 30.3 Å². The van der Waals surface area contributed by atoms with Crippen LogP contribution in [-0.2, 0) is 0 Å². The molecule has 0 aliphatic rings. The number of halogens is 1. The van der Waals surface area contributed by atoms with Crippen LogP contribution in [0.4, 0.5) is 0 Å². The molecule has 3 heteroatoms. The van der Waals surface area contributed by atoms with Gasteiger partial charge in [0.2, 0.25) is 0 Å². The monoisotopic (exact) mass is 171 g/mol. The summed E-state index contributed by atoms with van der Waals surface area (Å²) in [5.41, 5.74) is 0.356. The third kappa shape index (κ3) is 1.83. The van der Waals surface area contributed by atoms with Gasteiger partial charge in [-0.1, -0.05) is 30.3 Å². The quantitative estimate of drug-likeness (QED) is 0.512. The van der Waals surface area contributed by atoms with Crippen LogP contribution < -0.4 is 5.19 Å². The van der Waals surface area contributed by atoms with Gasteiger partial charge in [0.1, 0.15) is 0 Å². The number of benzene rings is 1. The van der Waals surface area contributed by atoms with Crippen LogP contribution in [0.25, 0.3) is 0 Å². The van der Waals surface area contributed by atoms with Crippen molar-refractivity contribution in [2.24, 2.45) is 0 Å². The van der Waals surface area contributed by atoms with E-state index in [1.165, 1.54) is 0 Å². The molecule has 0 bridgehead atoms. The van der Waals surface area contributed by atoms with Gasteiger partial charge in [-0.25, -0.2) is 0 Å². The van der Waals surface area contributed by atoms with E-state index in [2.05, 4.69) is 0 Å². The lowest BCUT2D eigenvalue weighted by Crippen LogP contribution is -2.31. The summed E-state index contributed by atoms with van der Waals surface area (Å²) >= 11 is 5.48. The lowest BCUT2D eigenvalue weighted by molar-refractivity contribution is 0.592. The third-order valence-corrected chi connectivity index (χ3v) is 3.25. The molecule has 0 amide bonds. The molecule has 0 aliphatic heterocycles. The summed E-state index contributed by atoms with van der Waals surface area (Å²) in [6.07, 6.45) is 0. The van der Waals surface area contributed by atoms with E-state index in [4.69, 9.17) is 11.6 Å². The standard InChI is InChI=1S/C7H8ClOSi/c8-6-10(9)7-4-2-1-3-5-7/h1-5,9H,6H2. The Kier molecular flexibility index (Phi) is 2.93. The van der Waals surface area contributed by atoms with E-state index in [0.717, 1.165) is 5.19 Å². The van der Waals surface area contributed by atoms with E-state index in [0.29, 0.717) is 5.50 Å². The maximum absolute atomic E-state index is 9.30. The molecule has 0 aromatic heterocycles. The predicted octanol–water partition coefficient (Wildman–Crippen LogP) is 0.655. The second-order valence-corrected chi connectivity index (χ2v) is 4.49. The number of hydrogen-bond acceptors (Lipinski definition) is 1. The fourth-order valence-corrected chi connectivity index (χ4v) is 1.90. The number of hydrogen-bond donors (Lipinski definition) is 1. The summed E-state index contributed by atoms with van der Waals surface area (Å²) in [7, 11) is -1.44. The lowest BCUT2D eigenvalue weighted by atomic mass is 10.4. The molecular formula is C7H8ClOSi. The van der Waals surface area contributed by atoms with Crippen LogP contribution in [0.2, 0.25) is 0 Å². The van der Waals surface area contributed by atoms with Gasteiger partial charge in [0.15, 0.2) is 0 Å². The van der Waals surface area contributed by atoms with Gasteiger partial charge >= 0.3 is 0 Å². The normalized spacial score (nSPS) is 10.3. The molecule has 0 unspecified atom stereocenters. The minimum absolute atomic E-state index is 0.356. The van der Waals surface area contributed by atoms with Gasteiger partial charge in [0, 0.05) is 5.50 Å². The van der Waals surface area contributed by atoms with Gasteiger partial charge < -0.3 is 4.80 Å². The minimum Gasteiger partial charge on any atom is -0.426 e. The minimum atomic E-state index is -1.44. The molecule has 53 valence electrons. The average molecular weight is 172 g/mol.